The van der Waals surface area contributed by atoms with Crippen LogP contribution in [0.4, 0.5) is 4.79 Å². The number of nitrogens with one attached hydrogen (secondary N) is 1. The van der Waals surface area contributed by atoms with Crippen molar-refractivity contribution in [3.8, 4) is 0 Å². The van der Waals surface area contributed by atoms with Gasteiger partial charge in [-0.3, -0.25) is 0 Å². The van der Waals surface area contributed by atoms with Gasteiger partial charge in [-0.25, -0.2) is 9.78 Å². The Kier molecular flexibility index (Phi) is 4.24. The lowest BCUT2D eigenvalue weighted by Gasteiger charge is -2.33. The van der Waals surface area contributed by atoms with Gasteiger partial charge in [-0.05, 0) is 30.9 Å². The van der Waals surface area contributed by atoms with Gasteiger partial charge in [-0.2, -0.15) is 0 Å². The molecule has 1 saturated heterocycles. The maximum Gasteiger partial charge on any atom is 0.318 e. The molecular weight excluding hydrogens is 322 g/mol. The number of nitrogens with zero attached hydrogens (tertiary/aromatic N) is 2. The Morgan fingerprint density at radius 1 is 1.42 bits per heavy atom. The third-order valence-corrected chi connectivity index (χ3v) is 5.75. The number of urea groups is 1. The summed E-state index contributed by atoms with van der Waals surface area (Å²) in [5.74, 6) is 0. The van der Waals surface area contributed by atoms with Crippen molar-refractivity contribution in [2.75, 3.05) is 19.7 Å². The number of benzene rings is 1. The number of amides is 2. The van der Waals surface area contributed by atoms with Gasteiger partial charge in [0, 0.05) is 17.6 Å². The summed E-state index contributed by atoms with van der Waals surface area (Å²) in [4.78, 5) is 19.0. The second-order valence-electron chi connectivity index (χ2n) is 6.37. The average Bonchev–Trinajstić information content (AvgIpc) is 3.22. The maximum absolute atomic E-state index is 12.7. The van der Waals surface area contributed by atoms with Crippen LogP contribution in [-0.2, 0) is 11.2 Å². The van der Waals surface area contributed by atoms with Crippen LogP contribution in [-0.4, -0.2) is 35.6 Å². The van der Waals surface area contributed by atoms with Gasteiger partial charge in [-0.1, -0.05) is 24.3 Å². The van der Waals surface area contributed by atoms with Crippen molar-refractivity contribution in [3.63, 3.8) is 0 Å². The molecule has 4 rings (SSSR count). The highest BCUT2D eigenvalue weighted by Crippen LogP contribution is 2.31. The lowest BCUT2D eigenvalue weighted by molar-refractivity contribution is -0.0159. The van der Waals surface area contributed by atoms with Crippen LogP contribution in [0.1, 0.15) is 40.4 Å². The standard InChI is InChI=1S/C18H21N3O2S/c1-12-11-24-17(19-12)16-10-21(8-9-23-16)18(22)20-15-7-6-13-4-2-3-5-14(13)15/h2-5,11,15-16H,6-10H2,1H3,(H,20,22)/t15-,16-/m1/s1. The van der Waals surface area contributed by atoms with Crippen LogP contribution in [0, 0.1) is 6.92 Å². The first-order valence-electron chi connectivity index (χ1n) is 8.37. The van der Waals surface area contributed by atoms with E-state index in [0.29, 0.717) is 19.7 Å². The molecule has 2 amide bonds. The van der Waals surface area contributed by atoms with E-state index in [1.807, 2.05) is 23.3 Å². The summed E-state index contributed by atoms with van der Waals surface area (Å²) in [6.45, 7) is 3.72. The van der Waals surface area contributed by atoms with Crippen molar-refractivity contribution in [2.24, 2.45) is 0 Å². The number of rotatable bonds is 2. The van der Waals surface area contributed by atoms with Gasteiger partial charge in [0.05, 0.1) is 19.2 Å². The number of morpholine rings is 1. The number of fused-ring (bicyclic) bond motifs is 1. The monoisotopic (exact) mass is 343 g/mol. The smallest absolute Gasteiger partial charge is 0.318 e. The normalized spacial score (nSPS) is 23.1. The van der Waals surface area contributed by atoms with Crippen LogP contribution >= 0.6 is 11.3 Å². The fraction of sp³-hybridized carbons (Fsp3) is 0.444. The molecule has 126 valence electrons. The number of aromatic nitrogens is 1. The molecular formula is C18H21N3O2S. The molecule has 1 aliphatic heterocycles. The van der Waals surface area contributed by atoms with Gasteiger partial charge in [0.1, 0.15) is 11.1 Å². The van der Waals surface area contributed by atoms with Crippen molar-refractivity contribution in [2.45, 2.75) is 31.9 Å². The number of carbonyl (C=O) groups excluding carboxylic acids is 1. The Morgan fingerprint density at radius 2 is 2.29 bits per heavy atom. The van der Waals surface area contributed by atoms with E-state index in [-0.39, 0.29) is 18.2 Å². The number of hydrogen-bond acceptors (Lipinski definition) is 4. The van der Waals surface area contributed by atoms with E-state index < -0.39 is 0 Å². The summed E-state index contributed by atoms with van der Waals surface area (Å²) in [7, 11) is 0. The number of hydrogen-bond donors (Lipinski definition) is 1. The van der Waals surface area contributed by atoms with Gasteiger partial charge < -0.3 is 15.0 Å². The molecule has 0 saturated carbocycles. The Hall–Kier alpha value is -1.92. The van der Waals surface area contributed by atoms with Gasteiger partial charge >= 0.3 is 6.03 Å². The zero-order chi connectivity index (χ0) is 16.5. The third kappa shape index (κ3) is 3.03. The molecule has 6 heteroatoms. The molecule has 2 atom stereocenters. The molecule has 2 heterocycles. The molecule has 1 fully saturated rings. The van der Waals surface area contributed by atoms with Gasteiger partial charge in [0.2, 0.25) is 0 Å². The molecule has 1 aliphatic carbocycles. The molecule has 2 aromatic rings. The van der Waals surface area contributed by atoms with E-state index in [9.17, 15) is 4.79 Å². The van der Waals surface area contributed by atoms with Crippen molar-refractivity contribution < 1.29 is 9.53 Å². The molecule has 24 heavy (non-hydrogen) atoms. The van der Waals surface area contributed by atoms with Crippen LogP contribution in [0.5, 0.6) is 0 Å². The Balaban J connectivity index is 1.41. The highest BCUT2D eigenvalue weighted by atomic mass is 32.1. The van der Waals surface area contributed by atoms with Crippen LogP contribution in [0.15, 0.2) is 29.6 Å². The highest BCUT2D eigenvalue weighted by molar-refractivity contribution is 7.09. The highest BCUT2D eigenvalue weighted by Gasteiger charge is 2.30. The molecule has 0 unspecified atom stereocenters. The largest absolute Gasteiger partial charge is 0.367 e. The fourth-order valence-corrected chi connectivity index (χ4v) is 4.29. The average molecular weight is 343 g/mol. The van der Waals surface area contributed by atoms with E-state index in [1.165, 1.54) is 11.1 Å². The first kappa shape index (κ1) is 15.6. The second kappa shape index (κ2) is 6.53. The summed E-state index contributed by atoms with van der Waals surface area (Å²) >= 11 is 1.60. The maximum atomic E-state index is 12.7. The molecule has 5 nitrogen and oxygen atoms in total. The van der Waals surface area contributed by atoms with E-state index in [4.69, 9.17) is 4.74 Å². The predicted molar refractivity (Wildman–Crippen MR) is 93.2 cm³/mol. The van der Waals surface area contributed by atoms with E-state index in [1.54, 1.807) is 11.3 Å². The molecule has 2 aliphatic rings. The molecule has 0 radical (unpaired) electrons. The molecule has 1 N–H and O–H groups in total. The molecule has 0 bridgehead atoms. The zero-order valence-corrected chi connectivity index (χ0v) is 14.5. The fourth-order valence-electron chi connectivity index (χ4n) is 3.45. The van der Waals surface area contributed by atoms with E-state index >= 15 is 0 Å². The van der Waals surface area contributed by atoms with Crippen molar-refractivity contribution in [1.82, 2.24) is 15.2 Å². The van der Waals surface area contributed by atoms with Gasteiger partial charge in [0.15, 0.2) is 0 Å². The second-order valence-corrected chi connectivity index (χ2v) is 7.26. The zero-order valence-electron chi connectivity index (χ0n) is 13.7. The Bertz CT molecular complexity index is 745. The number of ether oxygens (including phenoxy) is 1. The van der Waals surface area contributed by atoms with Gasteiger partial charge in [-0.15, -0.1) is 11.3 Å². The topological polar surface area (TPSA) is 54.5 Å². The van der Waals surface area contributed by atoms with Gasteiger partial charge in [0.25, 0.3) is 0 Å². The molecule has 1 aromatic heterocycles. The number of carbonyl (C=O) groups is 1. The summed E-state index contributed by atoms with van der Waals surface area (Å²) in [5, 5.41) is 6.17. The summed E-state index contributed by atoms with van der Waals surface area (Å²) in [5.41, 5.74) is 3.61. The summed E-state index contributed by atoms with van der Waals surface area (Å²) in [6.07, 6.45) is 1.90. The first-order chi connectivity index (χ1) is 11.7. The van der Waals surface area contributed by atoms with Crippen molar-refractivity contribution in [3.05, 3.63) is 51.5 Å². The van der Waals surface area contributed by atoms with Crippen LogP contribution in [0.3, 0.4) is 0 Å². The number of thiazole rings is 1. The third-order valence-electron chi connectivity index (χ3n) is 4.70. The Morgan fingerprint density at radius 3 is 3.12 bits per heavy atom. The minimum atomic E-state index is -0.112. The summed E-state index contributed by atoms with van der Waals surface area (Å²) in [6, 6.07) is 8.49. The minimum absolute atomic E-state index is 0.00159. The van der Waals surface area contributed by atoms with Crippen molar-refractivity contribution in [1.29, 1.82) is 0 Å². The van der Waals surface area contributed by atoms with Crippen molar-refractivity contribution >= 4 is 17.4 Å². The quantitative estimate of drug-likeness (QED) is 0.911. The molecule has 0 spiro atoms. The summed E-state index contributed by atoms with van der Waals surface area (Å²) < 4.78 is 5.81. The Labute approximate surface area is 145 Å². The lowest BCUT2D eigenvalue weighted by Crippen LogP contribution is -2.47. The minimum Gasteiger partial charge on any atom is -0.367 e. The first-order valence-corrected chi connectivity index (χ1v) is 9.25. The molecule has 1 aromatic carbocycles. The predicted octanol–water partition coefficient (Wildman–Crippen LogP) is 3.22. The van der Waals surface area contributed by atoms with Crippen LogP contribution in [0.25, 0.3) is 0 Å². The van der Waals surface area contributed by atoms with Crippen LogP contribution < -0.4 is 5.32 Å². The van der Waals surface area contributed by atoms with E-state index in [0.717, 1.165) is 23.5 Å². The SMILES string of the molecule is Cc1csc([C@H]2CN(C(=O)N[C@@H]3CCc4ccccc43)CCO2)n1. The lowest BCUT2D eigenvalue weighted by atomic mass is 10.1. The van der Waals surface area contributed by atoms with Crippen LogP contribution in [0.2, 0.25) is 0 Å². The van der Waals surface area contributed by atoms with E-state index in [2.05, 4.69) is 28.5 Å². The number of aryl methyl sites for hydroxylation is 2.